The summed E-state index contributed by atoms with van der Waals surface area (Å²) in [7, 11) is 0. The molecule has 2 aromatic rings. The van der Waals surface area contributed by atoms with Crippen molar-refractivity contribution in [2.45, 2.75) is 31.8 Å². The lowest BCUT2D eigenvalue weighted by Crippen LogP contribution is -2.44. The van der Waals surface area contributed by atoms with E-state index in [4.69, 9.17) is 0 Å². The molecule has 3 N–H and O–H groups in total. The Kier molecular flexibility index (Phi) is 5.71. The summed E-state index contributed by atoms with van der Waals surface area (Å²) in [5.74, 6) is -0.159. The average Bonchev–Trinajstić information content (AvgIpc) is 2.75. The number of rotatable bonds is 5. The van der Waals surface area contributed by atoms with Crippen LogP contribution < -0.4 is 16.0 Å². The molecule has 0 aliphatic carbocycles. The van der Waals surface area contributed by atoms with Crippen molar-refractivity contribution in [3.8, 4) is 0 Å². The molecule has 152 valence electrons. The van der Waals surface area contributed by atoms with Crippen LogP contribution in [0.2, 0.25) is 0 Å². The highest BCUT2D eigenvalue weighted by Crippen LogP contribution is 2.23. The van der Waals surface area contributed by atoms with E-state index in [0.717, 1.165) is 44.2 Å². The summed E-state index contributed by atoms with van der Waals surface area (Å²) >= 11 is 0. The van der Waals surface area contributed by atoms with E-state index in [1.54, 1.807) is 4.90 Å². The number of fused-ring (bicyclic) bond motifs is 1. The first-order valence-electron chi connectivity index (χ1n) is 9.92. The third kappa shape index (κ3) is 4.54. The fraction of sp³-hybridized carbons (Fsp3) is 0.381. The summed E-state index contributed by atoms with van der Waals surface area (Å²) in [6, 6.07) is 6.10. The van der Waals surface area contributed by atoms with E-state index in [2.05, 4.69) is 44.6 Å². The minimum atomic E-state index is -0.516. The predicted octanol–water partition coefficient (Wildman–Crippen LogP) is 2.59. The lowest BCUT2D eigenvalue weighted by Gasteiger charge is -2.32. The monoisotopic (exact) mass is 396 g/mol. The molecule has 0 unspecified atom stereocenters. The zero-order valence-corrected chi connectivity index (χ0v) is 16.2. The molecule has 29 heavy (non-hydrogen) atoms. The van der Waals surface area contributed by atoms with Gasteiger partial charge in [0.25, 0.3) is 0 Å². The number of halogens is 1. The van der Waals surface area contributed by atoms with Gasteiger partial charge >= 0.3 is 0 Å². The van der Waals surface area contributed by atoms with E-state index in [1.807, 2.05) is 6.07 Å². The van der Waals surface area contributed by atoms with Crippen LogP contribution in [0, 0.1) is 5.82 Å². The van der Waals surface area contributed by atoms with Gasteiger partial charge in [-0.05, 0) is 55.1 Å². The van der Waals surface area contributed by atoms with Gasteiger partial charge in [0.1, 0.15) is 0 Å². The number of piperidine rings is 1. The molecule has 1 atom stereocenters. The third-order valence-electron chi connectivity index (χ3n) is 5.34. The van der Waals surface area contributed by atoms with Crippen LogP contribution in [0.4, 0.5) is 21.8 Å². The number of nitrogens with one attached hydrogen (secondary N) is 3. The number of hydrogen-bond acceptors (Lipinski definition) is 6. The van der Waals surface area contributed by atoms with Crippen molar-refractivity contribution in [2.24, 2.45) is 0 Å². The fourth-order valence-electron chi connectivity index (χ4n) is 3.83. The van der Waals surface area contributed by atoms with Gasteiger partial charge in [0.2, 0.25) is 11.9 Å². The van der Waals surface area contributed by atoms with Crippen molar-refractivity contribution in [3.05, 3.63) is 54.0 Å². The standard InChI is InChI=1S/C21H25FN6O/c1-2-19(29)28-9-3-4-17(13-28)25-20-18(22)12-24-21(27-20)26-16-6-5-14-7-8-23-11-15(14)10-16/h2,5-6,10,12,17,23H,1,3-4,7-9,11,13H2,(H2,24,25,26,27)/t17-/m1/s1. The normalized spacial score (nSPS) is 18.7. The molecule has 1 amide bonds. The lowest BCUT2D eigenvalue weighted by atomic mass is 10.0. The SMILES string of the molecule is C=CC(=O)N1CCC[C@@H](Nc2nc(Nc3ccc4c(c3)CNCC4)ncc2F)C1. The molecule has 0 spiro atoms. The maximum Gasteiger partial charge on any atom is 0.246 e. The summed E-state index contributed by atoms with van der Waals surface area (Å²) in [6.07, 6.45) is 5.17. The minimum absolute atomic E-state index is 0.0697. The van der Waals surface area contributed by atoms with Gasteiger partial charge in [-0.15, -0.1) is 0 Å². The number of carbonyl (C=O) groups is 1. The molecule has 4 rings (SSSR count). The lowest BCUT2D eigenvalue weighted by molar-refractivity contribution is -0.127. The van der Waals surface area contributed by atoms with Crippen LogP contribution in [0.5, 0.6) is 0 Å². The van der Waals surface area contributed by atoms with E-state index < -0.39 is 5.82 Å². The Hall–Kier alpha value is -3.00. The van der Waals surface area contributed by atoms with Crippen LogP contribution in [0.3, 0.4) is 0 Å². The molecule has 2 aliphatic heterocycles. The first-order chi connectivity index (χ1) is 14.1. The summed E-state index contributed by atoms with van der Waals surface area (Å²) in [5, 5.41) is 9.65. The first-order valence-corrected chi connectivity index (χ1v) is 9.92. The quantitative estimate of drug-likeness (QED) is 0.674. The van der Waals surface area contributed by atoms with Crippen LogP contribution in [0.15, 0.2) is 37.1 Å². The fourth-order valence-corrected chi connectivity index (χ4v) is 3.83. The topological polar surface area (TPSA) is 82.2 Å². The molecule has 1 saturated heterocycles. The Bertz CT molecular complexity index is 918. The van der Waals surface area contributed by atoms with E-state index in [0.29, 0.717) is 19.0 Å². The van der Waals surface area contributed by atoms with Gasteiger partial charge in [0.05, 0.1) is 6.20 Å². The van der Waals surface area contributed by atoms with Crippen molar-refractivity contribution >= 4 is 23.4 Å². The zero-order chi connectivity index (χ0) is 20.2. The van der Waals surface area contributed by atoms with Crippen LogP contribution >= 0.6 is 0 Å². The Morgan fingerprint density at radius 2 is 2.28 bits per heavy atom. The number of aromatic nitrogens is 2. The Labute approximate surface area is 169 Å². The van der Waals surface area contributed by atoms with E-state index in [-0.39, 0.29) is 17.8 Å². The highest BCUT2D eigenvalue weighted by atomic mass is 19.1. The number of anilines is 3. The second-order valence-electron chi connectivity index (χ2n) is 7.40. The molecule has 0 saturated carbocycles. The van der Waals surface area contributed by atoms with Gasteiger partial charge in [-0.3, -0.25) is 4.79 Å². The van der Waals surface area contributed by atoms with Crippen molar-refractivity contribution in [2.75, 3.05) is 30.3 Å². The molecule has 0 bridgehead atoms. The molecule has 7 nitrogen and oxygen atoms in total. The Balaban J connectivity index is 1.46. The summed E-state index contributed by atoms with van der Waals surface area (Å²) in [6.45, 7) is 6.55. The predicted molar refractivity (Wildman–Crippen MR) is 111 cm³/mol. The van der Waals surface area contributed by atoms with E-state index >= 15 is 0 Å². The number of likely N-dealkylation sites (tertiary alicyclic amines) is 1. The van der Waals surface area contributed by atoms with Crippen molar-refractivity contribution in [1.82, 2.24) is 20.2 Å². The molecule has 1 aromatic heterocycles. The zero-order valence-electron chi connectivity index (χ0n) is 16.2. The van der Waals surface area contributed by atoms with Gasteiger partial charge in [0.15, 0.2) is 11.6 Å². The summed E-state index contributed by atoms with van der Waals surface area (Å²) < 4.78 is 14.3. The van der Waals surface area contributed by atoms with Gasteiger partial charge in [-0.1, -0.05) is 12.6 Å². The van der Waals surface area contributed by atoms with Crippen LogP contribution in [-0.2, 0) is 17.8 Å². The number of amides is 1. The van der Waals surface area contributed by atoms with E-state index in [1.165, 1.54) is 17.2 Å². The van der Waals surface area contributed by atoms with Crippen LogP contribution in [0.1, 0.15) is 24.0 Å². The molecule has 3 heterocycles. The number of hydrogen-bond donors (Lipinski definition) is 3. The molecular formula is C21H25FN6O. The van der Waals surface area contributed by atoms with Crippen molar-refractivity contribution in [1.29, 1.82) is 0 Å². The van der Waals surface area contributed by atoms with Gasteiger partial charge in [0, 0.05) is 31.4 Å². The summed E-state index contributed by atoms with van der Waals surface area (Å²) in [4.78, 5) is 22.0. The second-order valence-corrected chi connectivity index (χ2v) is 7.40. The molecule has 2 aliphatic rings. The van der Waals surface area contributed by atoms with Crippen LogP contribution in [0.25, 0.3) is 0 Å². The third-order valence-corrected chi connectivity index (χ3v) is 5.34. The van der Waals surface area contributed by atoms with Crippen molar-refractivity contribution < 1.29 is 9.18 Å². The first kappa shape index (κ1) is 19.3. The van der Waals surface area contributed by atoms with Gasteiger partial charge in [-0.25, -0.2) is 9.37 Å². The van der Waals surface area contributed by atoms with Gasteiger partial charge in [-0.2, -0.15) is 4.98 Å². The van der Waals surface area contributed by atoms with E-state index in [9.17, 15) is 9.18 Å². The van der Waals surface area contributed by atoms with Gasteiger partial charge < -0.3 is 20.9 Å². The molecule has 8 heteroatoms. The Morgan fingerprint density at radius 3 is 3.14 bits per heavy atom. The highest BCUT2D eigenvalue weighted by Gasteiger charge is 2.23. The highest BCUT2D eigenvalue weighted by molar-refractivity contribution is 5.87. The second kappa shape index (κ2) is 8.57. The molecular weight excluding hydrogens is 371 g/mol. The maximum atomic E-state index is 14.3. The van der Waals surface area contributed by atoms with Crippen molar-refractivity contribution in [3.63, 3.8) is 0 Å². The number of carbonyl (C=O) groups excluding carboxylic acids is 1. The minimum Gasteiger partial charge on any atom is -0.363 e. The molecule has 0 radical (unpaired) electrons. The smallest absolute Gasteiger partial charge is 0.246 e. The number of nitrogens with zero attached hydrogens (tertiary/aromatic N) is 3. The average molecular weight is 396 g/mol. The summed E-state index contributed by atoms with van der Waals surface area (Å²) in [5.41, 5.74) is 3.45. The Morgan fingerprint density at radius 1 is 1.38 bits per heavy atom. The molecule has 1 aromatic carbocycles. The largest absolute Gasteiger partial charge is 0.363 e. The van der Waals surface area contributed by atoms with Crippen LogP contribution in [-0.4, -0.2) is 46.5 Å². The number of benzene rings is 1. The maximum absolute atomic E-state index is 14.3. The molecule has 1 fully saturated rings.